The first-order chi connectivity index (χ1) is 5.01. The van der Waals surface area contributed by atoms with Gasteiger partial charge in [0.15, 0.2) is 5.79 Å². The van der Waals surface area contributed by atoms with E-state index in [-0.39, 0.29) is 6.61 Å². The van der Waals surface area contributed by atoms with Crippen LogP contribution in [0.4, 0.5) is 0 Å². The van der Waals surface area contributed by atoms with Gasteiger partial charge in [0.25, 0.3) is 0 Å². The molecule has 0 saturated carbocycles. The lowest BCUT2D eigenvalue weighted by atomic mass is 10.2. The standard InChI is InChI=1S/C8H14O3/c1-6-4-10-8(2,3)11-5-7(6)9/h7,9H,1,4-5H2,2-3H3. The molecule has 0 spiro atoms. The quantitative estimate of drug-likeness (QED) is 0.527. The zero-order valence-corrected chi connectivity index (χ0v) is 6.96. The Labute approximate surface area is 66.6 Å². The monoisotopic (exact) mass is 158 g/mol. The second-order valence-corrected chi connectivity index (χ2v) is 3.17. The Bertz CT molecular complexity index is 163. The topological polar surface area (TPSA) is 38.7 Å². The van der Waals surface area contributed by atoms with E-state index in [1.165, 1.54) is 0 Å². The first-order valence-corrected chi connectivity index (χ1v) is 3.65. The molecule has 1 fully saturated rings. The lowest BCUT2D eigenvalue weighted by molar-refractivity contribution is -0.202. The van der Waals surface area contributed by atoms with Gasteiger partial charge in [-0.3, -0.25) is 0 Å². The summed E-state index contributed by atoms with van der Waals surface area (Å²) in [6, 6.07) is 0. The molecule has 0 aromatic heterocycles. The van der Waals surface area contributed by atoms with E-state index >= 15 is 0 Å². The van der Waals surface area contributed by atoms with E-state index in [0.717, 1.165) is 0 Å². The van der Waals surface area contributed by atoms with E-state index < -0.39 is 11.9 Å². The molecular weight excluding hydrogens is 144 g/mol. The molecule has 0 radical (unpaired) electrons. The molecule has 3 heteroatoms. The van der Waals surface area contributed by atoms with Crippen LogP contribution in [0.5, 0.6) is 0 Å². The average molecular weight is 158 g/mol. The van der Waals surface area contributed by atoms with Gasteiger partial charge in [-0.25, -0.2) is 0 Å². The molecule has 1 aliphatic rings. The molecular formula is C8H14O3. The highest BCUT2D eigenvalue weighted by Crippen LogP contribution is 2.18. The summed E-state index contributed by atoms with van der Waals surface area (Å²) in [5.41, 5.74) is 0.676. The van der Waals surface area contributed by atoms with Crippen LogP contribution in [0.1, 0.15) is 13.8 Å². The minimum Gasteiger partial charge on any atom is -0.386 e. The fourth-order valence-electron chi connectivity index (χ4n) is 0.802. The molecule has 1 aliphatic heterocycles. The number of rotatable bonds is 0. The molecule has 1 unspecified atom stereocenters. The summed E-state index contributed by atoms with van der Waals surface area (Å²) in [4.78, 5) is 0. The second-order valence-electron chi connectivity index (χ2n) is 3.17. The van der Waals surface area contributed by atoms with E-state index in [9.17, 15) is 5.11 Å². The summed E-state index contributed by atoms with van der Waals surface area (Å²) in [5, 5.41) is 9.29. The summed E-state index contributed by atoms with van der Waals surface area (Å²) in [7, 11) is 0. The third-order valence-corrected chi connectivity index (χ3v) is 1.67. The van der Waals surface area contributed by atoms with E-state index in [1.807, 2.05) is 13.8 Å². The highest BCUT2D eigenvalue weighted by molar-refractivity contribution is 5.03. The average Bonchev–Trinajstić information content (AvgIpc) is 2.03. The fourth-order valence-corrected chi connectivity index (χ4v) is 0.802. The van der Waals surface area contributed by atoms with Crippen molar-refractivity contribution >= 4 is 0 Å². The Morgan fingerprint density at radius 1 is 1.55 bits per heavy atom. The third kappa shape index (κ3) is 2.29. The first kappa shape index (κ1) is 8.71. The molecule has 1 saturated heterocycles. The lowest BCUT2D eigenvalue weighted by Crippen LogP contribution is -2.27. The van der Waals surface area contributed by atoms with Crippen molar-refractivity contribution < 1.29 is 14.6 Å². The van der Waals surface area contributed by atoms with E-state index in [0.29, 0.717) is 12.2 Å². The summed E-state index contributed by atoms with van der Waals surface area (Å²) in [5.74, 6) is -0.597. The van der Waals surface area contributed by atoms with Crippen LogP contribution in [0.2, 0.25) is 0 Å². The highest BCUT2D eigenvalue weighted by Gasteiger charge is 2.26. The minimum atomic E-state index is -0.597. The number of aliphatic hydroxyl groups is 1. The van der Waals surface area contributed by atoms with Crippen molar-refractivity contribution in [2.24, 2.45) is 0 Å². The summed E-state index contributed by atoms with van der Waals surface area (Å²) in [6.45, 7) is 7.94. The Morgan fingerprint density at radius 2 is 2.18 bits per heavy atom. The van der Waals surface area contributed by atoms with Crippen molar-refractivity contribution in [2.75, 3.05) is 13.2 Å². The predicted octanol–water partition coefficient (Wildman–Crippen LogP) is 0.686. The summed E-state index contributed by atoms with van der Waals surface area (Å²) in [6.07, 6.45) is -0.586. The lowest BCUT2D eigenvalue weighted by Gasteiger charge is -2.22. The summed E-state index contributed by atoms with van der Waals surface area (Å²) < 4.78 is 10.5. The van der Waals surface area contributed by atoms with Crippen LogP contribution < -0.4 is 0 Å². The molecule has 3 nitrogen and oxygen atoms in total. The molecule has 11 heavy (non-hydrogen) atoms. The normalized spacial score (nSPS) is 31.5. The van der Waals surface area contributed by atoms with Crippen LogP contribution in [0, 0.1) is 0 Å². The molecule has 64 valence electrons. The summed E-state index contributed by atoms with van der Waals surface area (Å²) >= 11 is 0. The molecule has 0 aromatic rings. The molecule has 1 atom stereocenters. The van der Waals surface area contributed by atoms with E-state index in [1.54, 1.807) is 0 Å². The molecule has 0 aliphatic carbocycles. The SMILES string of the molecule is C=C1COC(C)(C)OCC1O. The maximum Gasteiger partial charge on any atom is 0.163 e. The molecule has 0 bridgehead atoms. The first-order valence-electron chi connectivity index (χ1n) is 3.65. The van der Waals surface area contributed by atoms with Gasteiger partial charge in [-0.1, -0.05) is 6.58 Å². The molecule has 1 rings (SSSR count). The number of hydrogen-bond acceptors (Lipinski definition) is 3. The van der Waals surface area contributed by atoms with Gasteiger partial charge in [-0.15, -0.1) is 0 Å². The zero-order chi connectivity index (χ0) is 8.48. The highest BCUT2D eigenvalue weighted by atomic mass is 16.7. The van der Waals surface area contributed by atoms with Crippen LogP contribution in [-0.2, 0) is 9.47 Å². The largest absolute Gasteiger partial charge is 0.386 e. The van der Waals surface area contributed by atoms with E-state index in [4.69, 9.17) is 9.47 Å². The van der Waals surface area contributed by atoms with Crippen molar-refractivity contribution in [3.63, 3.8) is 0 Å². The van der Waals surface area contributed by atoms with Gasteiger partial charge >= 0.3 is 0 Å². The van der Waals surface area contributed by atoms with Gasteiger partial charge in [0.05, 0.1) is 13.2 Å². The maximum absolute atomic E-state index is 9.29. The molecule has 1 N–H and O–H groups in total. The van der Waals surface area contributed by atoms with Gasteiger partial charge in [0.2, 0.25) is 0 Å². The Hall–Kier alpha value is -0.380. The van der Waals surface area contributed by atoms with Crippen molar-refractivity contribution in [3.8, 4) is 0 Å². The molecule has 0 amide bonds. The molecule has 1 heterocycles. The Morgan fingerprint density at radius 3 is 2.82 bits per heavy atom. The van der Waals surface area contributed by atoms with Gasteiger partial charge < -0.3 is 14.6 Å². The predicted molar refractivity (Wildman–Crippen MR) is 41.1 cm³/mol. The van der Waals surface area contributed by atoms with Gasteiger partial charge in [-0.05, 0) is 19.4 Å². The van der Waals surface area contributed by atoms with E-state index in [2.05, 4.69) is 6.58 Å². The van der Waals surface area contributed by atoms with Gasteiger partial charge in [-0.2, -0.15) is 0 Å². The Balaban J connectivity index is 2.58. The fraction of sp³-hybridized carbons (Fsp3) is 0.750. The Kier molecular flexibility index (Phi) is 2.32. The smallest absolute Gasteiger partial charge is 0.163 e. The maximum atomic E-state index is 9.29. The van der Waals surface area contributed by atoms with Crippen molar-refractivity contribution in [1.82, 2.24) is 0 Å². The van der Waals surface area contributed by atoms with Crippen LogP contribution >= 0.6 is 0 Å². The van der Waals surface area contributed by atoms with Crippen LogP contribution in [-0.4, -0.2) is 30.2 Å². The van der Waals surface area contributed by atoms with Crippen LogP contribution in [0.25, 0.3) is 0 Å². The number of aliphatic hydroxyl groups excluding tert-OH is 1. The van der Waals surface area contributed by atoms with Crippen LogP contribution in [0.15, 0.2) is 12.2 Å². The third-order valence-electron chi connectivity index (χ3n) is 1.67. The number of ether oxygens (including phenoxy) is 2. The van der Waals surface area contributed by atoms with Gasteiger partial charge in [0, 0.05) is 0 Å². The minimum absolute atomic E-state index is 0.270. The zero-order valence-electron chi connectivity index (χ0n) is 6.96. The van der Waals surface area contributed by atoms with Crippen molar-refractivity contribution in [2.45, 2.75) is 25.7 Å². The van der Waals surface area contributed by atoms with Crippen molar-refractivity contribution in [1.29, 1.82) is 0 Å². The van der Waals surface area contributed by atoms with Crippen LogP contribution in [0.3, 0.4) is 0 Å². The van der Waals surface area contributed by atoms with Gasteiger partial charge in [0.1, 0.15) is 6.10 Å². The van der Waals surface area contributed by atoms with Crippen molar-refractivity contribution in [3.05, 3.63) is 12.2 Å². The second kappa shape index (κ2) is 2.93. The number of hydrogen-bond donors (Lipinski definition) is 1. The molecule has 0 aromatic carbocycles.